The van der Waals surface area contributed by atoms with Crippen LogP contribution < -0.4 is 0 Å². The first-order chi connectivity index (χ1) is 12.1. The van der Waals surface area contributed by atoms with Gasteiger partial charge < -0.3 is 19.5 Å². The lowest BCUT2D eigenvalue weighted by Gasteiger charge is -2.48. The summed E-state index contributed by atoms with van der Waals surface area (Å²) in [5, 5.41) is 11.1. The molecule has 0 bridgehead atoms. The first-order valence-electron chi connectivity index (χ1n) is 9.21. The van der Waals surface area contributed by atoms with Gasteiger partial charge in [-0.2, -0.15) is 0 Å². The van der Waals surface area contributed by atoms with E-state index in [-0.39, 0.29) is 11.7 Å². The standard InChI is InChI=1S/C20H28BrNO4/c1-18(2,3)26-17(23)22-11-12-25-19(14-22)7-9-20(24,10-8-19)15-5-4-6-16(21)13-15/h4-6,13,24H,7-12,14H2,1-3H3. The fourth-order valence-corrected chi connectivity index (χ4v) is 4.21. The first kappa shape index (κ1) is 19.6. The van der Waals surface area contributed by atoms with Crippen LogP contribution in [0.25, 0.3) is 0 Å². The Labute approximate surface area is 163 Å². The van der Waals surface area contributed by atoms with Gasteiger partial charge in [-0.15, -0.1) is 0 Å². The van der Waals surface area contributed by atoms with Crippen LogP contribution in [0.5, 0.6) is 0 Å². The van der Waals surface area contributed by atoms with Gasteiger partial charge in [0.1, 0.15) is 5.60 Å². The monoisotopic (exact) mass is 425 g/mol. The highest BCUT2D eigenvalue weighted by molar-refractivity contribution is 9.10. The zero-order valence-corrected chi connectivity index (χ0v) is 17.3. The molecule has 0 unspecified atom stereocenters. The third kappa shape index (κ3) is 4.41. The quantitative estimate of drug-likeness (QED) is 0.731. The van der Waals surface area contributed by atoms with Crippen molar-refractivity contribution in [2.24, 2.45) is 0 Å². The number of aliphatic hydroxyl groups is 1. The SMILES string of the molecule is CC(C)(C)OC(=O)N1CCOC2(CCC(O)(c3cccc(Br)c3)CC2)C1. The summed E-state index contributed by atoms with van der Waals surface area (Å²) < 4.78 is 12.6. The molecule has 1 aliphatic heterocycles. The van der Waals surface area contributed by atoms with E-state index in [1.54, 1.807) is 4.90 Å². The predicted octanol–water partition coefficient (Wildman–Crippen LogP) is 4.22. The molecule has 1 aromatic rings. The fourth-order valence-electron chi connectivity index (χ4n) is 3.82. The Morgan fingerprint density at radius 3 is 2.58 bits per heavy atom. The van der Waals surface area contributed by atoms with E-state index in [9.17, 15) is 9.90 Å². The van der Waals surface area contributed by atoms with Crippen LogP contribution in [0.1, 0.15) is 52.0 Å². The molecular weight excluding hydrogens is 398 g/mol. The first-order valence-corrected chi connectivity index (χ1v) is 10.0. The molecule has 0 aromatic heterocycles. The van der Waals surface area contributed by atoms with Gasteiger partial charge in [-0.3, -0.25) is 0 Å². The highest BCUT2D eigenvalue weighted by Gasteiger charge is 2.46. The molecule has 6 heteroatoms. The van der Waals surface area contributed by atoms with E-state index in [0.29, 0.717) is 32.5 Å². The smallest absolute Gasteiger partial charge is 0.410 e. The topological polar surface area (TPSA) is 59.0 Å². The Morgan fingerprint density at radius 1 is 1.27 bits per heavy atom. The number of carbonyl (C=O) groups is 1. The summed E-state index contributed by atoms with van der Waals surface area (Å²) in [5.74, 6) is 0. The van der Waals surface area contributed by atoms with E-state index >= 15 is 0 Å². The van der Waals surface area contributed by atoms with Gasteiger partial charge in [0.05, 0.1) is 24.4 Å². The zero-order valence-electron chi connectivity index (χ0n) is 15.8. The fraction of sp³-hybridized carbons (Fsp3) is 0.650. The van der Waals surface area contributed by atoms with Crippen molar-refractivity contribution < 1.29 is 19.4 Å². The van der Waals surface area contributed by atoms with Gasteiger partial charge in [-0.1, -0.05) is 28.1 Å². The molecule has 1 saturated heterocycles. The Hall–Kier alpha value is -1.11. The third-order valence-corrected chi connectivity index (χ3v) is 5.74. The van der Waals surface area contributed by atoms with E-state index in [0.717, 1.165) is 22.9 Å². The van der Waals surface area contributed by atoms with E-state index in [4.69, 9.17) is 9.47 Å². The summed E-state index contributed by atoms with van der Waals surface area (Å²) in [4.78, 5) is 14.2. The maximum absolute atomic E-state index is 12.4. The van der Waals surface area contributed by atoms with Crippen LogP contribution >= 0.6 is 15.9 Å². The van der Waals surface area contributed by atoms with Crippen molar-refractivity contribution in [1.29, 1.82) is 0 Å². The van der Waals surface area contributed by atoms with Crippen molar-refractivity contribution >= 4 is 22.0 Å². The molecule has 1 aromatic carbocycles. The second kappa shape index (κ2) is 7.13. The number of amides is 1. The summed E-state index contributed by atoms with van der Waals surface area (Å²) in [5.41, 5.74) is -0.794. The van der Waals surface area contributed by atoms with E-state index in [2.05, 4.69) is 15.9 Å². The Kier molecular flexibility index (Phi) is 5.39. The summed E-state index contributed by atoms with van der Waals surface area (Å²) in [7, 11) is 0. The summed E-state index contributed by atoms with van der Waals surface area (Å²) >= 11 is 3.48. The average molecular weight is 426 g/mol. The number of nitrogens with zero attached hydrogens (tertiary/aromatic N) is 1. The lowest BCUT2D eigenvalue weighted by Crippen LogP contribution is -2.57. The number of carbonyl (C=O) groups excluding carboxylic acids is 1. The number of morpholine rings is 1. The molecular formula is C20H28BrNO4. The molecule has 1 aliphatic carbocycles. The normalized spacial score (nSPS) is 29.7. The van der Waals surface area contributed by atoms with E-state index in [1.807, 2.05) is 45.0 Å². The minimum absolute atomic E-state index is 0.284. The van der Waals surface area contributed by atoms with Crippen LogP contribution in [0.2, 0.25) is 0 Å². The lowest BCUT2D eigenvalue weighted by atomic mass is 9.72. The molecule has 1 saturated carbocycles. The molecule has 1 amide bonds. The lowest BCUT2D eigenvalue weighted by molar-refractivity contribution is -0.155. The van der Waals surface area contributed by atoms with Crippen LogP contribution in [-0.4, -0.2) is 47.0 Å². The second-order valence-electron chi connectivity index (χ2n) is 8.48. The van der Waals surface area contributed by atoms with Crippen LogP contribution in [0.3, 0.4) is 0 Å². The summed E-state index contributed by atoms with van der Waals surface area (Å²) in [6, 6.07) is 7.85. The van der Waals surface area contributed by atoms with Crippen LogP contribution in [0.4, 0.5) is 4.79 Å². The highest BCUT2D eigenvalue weighted by Crippen LogP contribution is 2.44. The maximum Gasteiger partial charge on any atom is 0.410 e. The van der Waals surface area contributed by atoms with E-state index in [1.165, 1.54) is 0 Å². The molecule has 1 spiro atoms. The Morgan fingerprint density at radius 2 is 1.96 bits per heavy atom. The minimum Gasteiger partial charge on any atom is -0.444 e. The van der Waals surface area contributed by atoms with Crippen molar-refractivity contribution in [3.63, 3.8) is 0 Å². The van der Waals surface area contributed by atoms with Crippen LogP contribution in [0.15, 0.2) is 28.7 Å². The molecule has 2 aliphatic rings. The molecule has 1 N–H and O–H groups in total. The molecule has 26 heavy (non-hydrogen) atoms. The molecule has 5 nitrogen and oxygen atoms in total. The second-order valence-corrected chi connectivity index (χ2v) is 9.39. The van der Waals surface area contributed by atoms with Crippen molar-refractivity contribution in [3.05, 3.63) is 34.3 Å². The molecule has 3 rings (SSSR count). The number of hydrogen-bond donors (Lipinski definition) is 1. The number of rotatable bonds is 1. The van der Waals surface area contributed by atoms with Crippen molar-refractivity contribution in [2.75, 3.05) is 19.7 Å². The Balaban J connectivity index is 1.67. The van der Waals surface area contributed by atoms with Crippen molar-refractivity contribution in [1.82, 2.24) is 4.90 Å². The summed E-state index contributed by atoms with van der Waals surface area (Å²) in [6.07, 6.45) is 2.38. The largest absolute Gasteiger partial charge is 0.444 e. The van der Waals surface area contributed by atoms with Crippen LogP contribution in [0, 0.1) is 0 Å². The molecule has 0 atom stereocenters. The number of ether oxygens (including phenoxy) is 2. The van der Waals surface area contributed by atoms with Gasteiger partial charge in [0, 0.05) is 11.0 Å². The van der Waals surface area contributed by atoms with Crippen LogP contribution in [-0.2, 0) is 15.1 Å². The number of halogens is 1. The van der Waals surface area contributed by atoms with Crippen molar-refractivity contribution in [3.8, 4) is 0 Å². The number of benzene rings is 1. The number of hydrogen-bond acceptors (Lipinski definition) is 4. The molecule has 0 radical (unpaired) electrons. The Bertz CT molecular complexity index is 662. The zero-order chi connectivity index (χ0) is 19.0. The average Bonchev–Trinajstić information content (AvgIpc) is 2.57. The van der Waals surface area contributed by atoms with Gasteiger partial charge in [-0.05, 0) is 64.2 Å². The molecule has 2 fully saturated rings. The van der Waals surface area contributed by atoms with Gasteiger partial charge >= 0.3 is 6.09 Å². The van der Waals surface area contributed by atoms with E-state index < -0.39 is 11.2 Å². The van der Waals surface area contributed by atoms with Gasteiger partial charge in [0.2, 0.25) is 0 Å². The maximum atomic E-state index is 12.4. The summed E-state index contributed by atoms with van der Waals surface area (Å²) in [6.45, 7) is 7.21. The highest BCUT2D eigenvalue weighted by atomic mass is 79.9. The van der Waals surface area contributed by atoms with Gasteiger partial charge in [0.25, 0.3) is 0 Å². The van der Waals surface area contributed by atoms with Gasteiger partial charge in [-0.25, -0.2) is 4.79 Å². The van der Waals surface area contributed by atoms with Crippen molar-refractivity contribution in [2.45, 2.75) is 63.3 Å². The molecule has 1 heterocycles. The minimum atomic E-state index is -0.841. The van der Waals surface area contributed by atoms with Gasteiger partial charge in [0.15, 0.2) is 0 Å². The predicted molar refractivity (Wildman–Crippen MR) is 103 cm³/mol. The molecule has 144 valence electrons. The third-order valence-electron chi connectivity index (χ3n) is 5.25.